The third-order valence-corrected chi connectivity index (χ3v) is 4.35. The maximum absolute atomic E-state index is 9.74. The largest absolute Gasteiger partial charge is 0.508 e. The van der Waals surface area contributed by atoms with Crippen LogP contribution in [0.1, 0.15) is 49.3 Å². The Morgan fingerprint density at radius 2 is 1.84 bits per heavy atom. The van der Waals surface area contributed by atoms with Gasteiger partial charge in [-0.2, -0.15) is 0 Å². The van der Waals surface area contributed by atoms with Crippen molar-refractivity contribution in [3.63, 3.8) is 0 Å². The lowest BCUT2D eigenvalue weighted by molar-refractivity contribution is 0.476. The average molecular weight is 254 g/mol. The van der Waals surface area contributed by atoms with Gasteiger partial charge in [0.25, 0.3) is 0 Å². The van der Waals surface area contributed by atoms with Gasteiger partial charge in [-0.05, 0) is 78.1 Å². The second-order valence-electron chi connectivity index (χ2n) is 5.71. The average Bonchev–Trinajstić information content (AvgIpc) is 2.45. The summed E-state index contributed by atoms with van der Waals surface area (Å²) in [7, 11) is 0. The first-order valence-electron chi connectivity index (χ1n) is 7.56. The van der Waals surface area contributed by atoms with Gasteiger partial charge in [-0.3, -0.25) is 0 Å². The molecule has 0 heterocycles. The molecule has 0 amide bonds. The highest BCUT2D eigenvalue weighted by atomic mass is 16.3. The number of fused-ring (bicyclic) bond motifs is 3. The number of rotatable bonds is 3. The first-order chi connectivity index (χ1) is 9.29. The van der Waals surface area contributed by atoms with E-state index in [-0.39, 0.29) is 0 Å². The maximum Gasteiger partial charge on any atom is 0.116 e. The number of aromatic hydroxyl groups is 1. The second kappa shape index (κ2) is 5.24. The molecule has 100 valence electrons. The highest BCUT2D eigenvalue weighted by molar-refractivity contribution is 5.89. The molecule has 1 nitrogen and oxygen atoms in total. The number of phenols is 1. The van der Waals surface area contributed by atoms with Gasteiger partial charge in [0.05, 0.1) is 0 Å². The van der Waals surface area contributed by atoms with Crippen molar-refractivity contribution in [2.24, 2.45) is 0 Å². The van der Waals surface area contributed by atoms with Gasteiger partial charge >= 0.3 is 0 Å². The fourth-order valence-electron chi connectivity index (χ4n) is 3.35. The van der Waals surface area contributed by atoms with E-state index in [2.05, 4.69) is 19.1 Å². The van der Waals surface area contributed by atoms with E-state index in [0.29, 0.717) is 5.75 Å². The van der Waals surface area contributed by atoms with E-state index < -0.39 is 0 Å². The summed E-state index contributed by atoms with van der Waals surface area (Å²) in [5.74, 6) is 0.390. The molecular formula is C18H22O. The fourth-order valence-corrected chi connectivity index (χ4v) is 3.35. The predicted molar refractivity (Wildman–Crippen MR) is 80.9 cm³/mol. The van der Waals surface area contributed by atoms with E-state index in [0.717, 1.165) is 0 Å². The highest BCUT2D eigenvalue weighted by Gasteiger charge is 2.16. The Morgan fingerprint density at radius 1 is 1.05 bits per heavy atom. The minimum atomic E-state index is 0.390. The number of unbranched alkanes of at least 4 members (excludes halogenated alkanes) is 1. The molecule has 0 unspecified atom stereocenters. The van der Waals surface area contributed by atoms with Crippen molar-refractivity contribution < 1.29 is 5.11 Å². The van der Waals surface area contributed by atoms with Gasteiger partial charge in [-0.15, -0.1) is 0 Å². The number of benzene rings is 2. The molecule has 1 aliphatic carbocycles. The van der Waals surface area contributed by atoms with Crippen molar-refractivity contribution in [3.05, 3.63) is 41.0 Å². The molecule has 0 atom stereocenters. The van der Waals surface area contributed by atoms with E-state index in [1.54, 1.807) is 17.2 Å². The van der Waals surface area contributed by atoms with Crippen molar-refractivity contribution in [2.75, 3.05) is 0 Å². The number of hydrogen-bond acceptors (Lipinski definition) is 1. The Bertz CT molecular complexity index is 598. The Morgan fingerprint density at radius 3 is 2.63 bits per heavy atom. The fraction of sp³-hybridized carbons (Fsp3) is 0.444. The van der Waals surface area contributed by atoms with Gasteiger partial charge in [-0.1, -0.05) is 25.5 Å². The van der Waals surface area contributed by atoms with Crippen LogP contribution in [0.25, 0.3) is 10.8 Å². The lowest BCUT2D eigenvalue weighted by Gasteiger charge is -2.22. The number of hydrogen-bond donors (Lipinski definition) is 1. The van der Waals surface area contributed by atoms with E-state index in [1.165, 1.54) is 61.3 Å². The summed E-state index contributed by atoms with van der Waals surface area (Å²) in [6.07, 6.45) is 8.73. The molecule has 0 radical (unpaired) electrons. The van der Waals surface area contributed by atoms with Crippen LogP contribution in [0.2, 0.25) is 0 Å². The minimum absolute atomic E-state index is 0.390. The van der Waals surface area contributed by atoms with Gasteiger partial charge in [0.15, 0.2) is 0 Å². The maximum atomic E-state index is 9.74. The van der Waals surface area contributed by atoms with Crippen LogP contribution in [-0.4, -0.2) is 5.11 Å². The monoisotopic (exact) mass is 254 g/mol. The Labute approximate surface area is 115 Å². The van der Waals surface area contributed by atoms with Crippen molar-refractivity contribution in [1.82, 2.24) is 0 Å². The van der Waals surface area contributed by atoms with Crippen LogP contribution in [0.4, 0.5) is 0 Å². The molecule has 0 aromatic heterocycles. The molecule has 3 rings (SSSR count). The normalized spacial score (nSPS) is 14.6. The van der Waals surface area contributed by atoms with Crippen LogP contribution in [0.5, 0.6) is 5.75 Å². The first-order valence-corrected chi connectivity index (χ1v) is 7.56. The molecule has 0 aliphatic heterocycles. The van der Waals surface area contributed by atoms with Crippen molar-refractivity contribution in [1.29, 1.82) is 0 Å². The van der Waals surface area contributed by atoms with E-state index >= 15 is 0 Å². The molecule has 1 N–H and O–H groups in total. The van der Waals surface area contributed by atoms with E-state index in [1.807, 2.05) is 6.07 Å². The van der Waals surface area contributed by atoms with Crippen LogP contribution in [-0.2, 0) is 19.3 Å². The lowest BCUT2D eigenvalue weighted by Crippen LogP contribution is -2.07. The summed E-state index contributed by atoms with van der Waals surface area (Å²) >= 11 is 0. The summed E-state index contributed by atoms with van der Waals surface area (Å²) in [6, 6.07) is 8.17. The van der Waals surface area contributed by atoms with E-state index in [9.17, 15) is 5.11 Å². The standard InChI is InChI=1S/C18H22O/c1-2-3-6-13-11-14-9-10-15(19)12-18(14)17-8-5-4-7-16(13)17/h9-12,19H,2-8H2,1H3. The Kier molecular flexibility index (Phi) is 3.46. The zero-order valence-electron chi connectivity index (χ0n) is 11.7. The molecular weight excluding hydrogens is 232 g/mol. The van der Waals surface area contributed by atoms with Crippen LogP contribution >= 0.6 is 0 Å². The summed E-state index contributed by atoms with van der Waals surface area (Å²) in [5, 5.41) is 12.3. The molecule has 2 aromatic rings. The molecule has 19 heavy (non-hydrogen) atoms. The lowest BCUT2D eigenvalue weighted by atomic mass is 9.83. The van der Waals surface area contributed by atoms with Gasteiger partial charge < -0.3 is 5.11 Å². The third-order valence-electron chi connectivity index (χ3n) is 4.35. The van der Waals surface area contributed by atoms with Gasteiger partial charge in [-0.25, -0.2) is 0 Å². The van der Waals surface area contributed by atoms with Crippen molar-refractivity contribution >= 4 is 10.8 Å². The van der Waals surface area contributed by atoms with Gasteiger partial charge in [0.1, 0.15) is 5.75 Å². The number of aryl methyl sites for hydroxylation is 2. The summed E-state index contributed by atoms with van der Waals surface area (Å²) in [4.78, 5) is 0. The van der Waals surface area contributed by atoms with Gasteiger partial charge in [0.2, 0.25) is 0 Å². The zero-order valence-corrected chi connectivity index (χ0v) is 11.7. The predicted octanol–water partition coefficient (Wildman–Crippen LogP) is 4.77. The van der Waals surface area contributed by atoms with Crippen LogP contribution < -0.4 is 0 Å². The minimum Gasteiger partial charge on any atom is -0.508 e. The molecule has 0 spiro atoms. The topological polar surface area (TPSA) is 20.2 Å². The second-order valence-corrected chi connectivity index (χ2v) is 5.71. The Hall–Kier alpha value is -1.50. The summed E-state index contributed by atoms with van der Waals surface area (Å²) < 4.78 is 0. The molecule has 1 heteroatoms. The quantitative estimate of drug-likeness (QED) is 0.836. The first kappa shape index (κ1) is 12.5. The molecule has 0 fully saturated rings. The molecule has 0 saturated heterocycles. The van der Waals surface area contributed by atoms with Gasteiger partial charge in [0, 0.05) is 0 Å². The third kappa shape index (κ3) is 2.34. The van der Waals surface area contributed by atoms with Crippen LogP contribution in [0.3, 0.4) is 0 Å². The Balaban J connectivity index is 2.18. The van der Waals surface area contributed by atoms with Crippen LogP contribution in [0, 0.1) is 0 Å². The van der Waals surface area contributed by atoms with Crippen molar-refractivity contribution in [2.45, 2.75) is 51.9 Å². The summed E-state index contributed by atoms with van der Waals surface area (Å²) in [5.41, 5.74) is 4.64. The zero-order chi connectivity index (χ0) is 13.2. The molecule has 1 aliphatic rings. The molecule has 2 aromatic carbocycles. The number of phenolic OH excluding ortho intramolecular Hbond substituents is 1. The summed E-state index contributed by atoms with van der Waals surface area (Å²) in [6.45, 7) is 2.26. The highest BCUT2D eigenvalue weighted by Crippen LogP contribution is 2.34. The SMILES string of the molecule is CCCCc1cc2ccc(O)cc2c2c1CCCC2. The van der Waals surface area contributed by atoms with Crippen LogP contribution in [0.15, 0.2) is 24.3 Å². The molecule has 0 bridgehead atoms. The van der Waals surface area contributed by atoms with Crippen molar-refractivity contribution in [3.8, 4) is 5.75 Å². The molecule has 0 saturated carbocycles. The van der Waals surface area contributed by atoms with E-state index in [4.69, 9.17) is 0 Å². The smallest absolute Gasteiger partial charge is 0.116 e.